The lowest BCUT2D eigenvalue weighted by molar-refractivity contribution is -0.141. The van der Waals surface area contributed by atoms with Crippen molar-refractivity contribution in [3.63, 3.8) is 0 Å². The minimum atomic E-state index is -4.57. The first-order chi connectivity index (χ1) is 16.3. The minimum Gasteiger partial charge on any atom is -0.471 e. The van der Waals surface area contributed by atoms with Crippen molar-refractivity contribution in [2.45, 2.75) is 38.1 Å². The molecule has 11 heteroatoms. The average molecular weight is 468 g/mol. The lowest BCUT2D eigenvalue weighted by Crippen LogP contribution is -2.59. The molecule has 4 heterocycles. The van der Waals surface area contributed by atoms with E-state index in [-0.39, 0.29) is 35.0 Å². The summed E-state index contributed by atoms with van der Waals surface area (Å²) in [6.45, 7) is 2.40. The van der Waals surface area contributed by atoms with Gasteiger partial charge in [-0.2, -0.15) is 13.2 Å². The van der Waals surface area contributed by atoms with Crippen LogP contribution in [0.4, 0.5) is 13.2 Å². The second kappa shape index (κ2) is 7.18. The first-order valence-corrected chi connectivity index (χ1v) is 10.9. The van der Waals surface area contributed by atoms with Gasteiger partial charge in [0.25, 0.3) is 5.91 Å². The number of hydrogen-bond acceptors (Lipinski definition) is 7. The maximum atomic E-state index is 13.7. The van der Waals surface area contributed by atoms with E-state index in [1.54, 1.807) is 29.4 Å². The van der Waals surface area contributed by atoms with Crippen LogP contribution in [0.3, 0.4) is 0 Å². The van der Waals surface area contributed by atoms with Crippen LogP contribution in [-0.4, -0.2) is 54.6 Å². The normalized spacial score (nSPS) is 26.9. The van der Waals surface area contributed by atoms with Gasteiger partial charge >= 0.3 is 6.18 Å². The number of halogens is 3. The zero-order valence-corrected chi connectivity index (χ0v) is 18.0. The fourth-order valence-electron chi connectivity index (χ4n) is 5.42. The molecule has 174 valence electrons. The molecular weight excluding hydrogens is 449 g/mol. The lowest BCUT2D eigenvalue weighted by Gasteiger charge is -2.46. The minimum absolute atomic E-state index is 0.00685. The highest BCUT2D eigenvalue weighted by Crippen LogP contribution is 2.71. The molecule has 6 rings (SSSR count). The number of nitrogens with zero attached hydrogens (tertiary/aromatic N) is 6. The van der Waals surface area contributed by atoms with E-state index in [0.29, 0.717) is 29.5 Å². The van der Waals surface area contributed by atoms with Gasteiger partial charge in [-0.3, -0.25) is 4.79 Å². The summed E-state index contributed by atoms with van der Waals surface area (Å²) >= 11 is 0. The molecule has 2 aliphatic carbocycles. The van der Waals surface area contributed by atoms with Gasteiger partial charge in [0.2, 0.25) is 5.88 Å². The summed E-state index contributed by atoms with van der Waals surface area (Å²) in [4.78, 5) is 28.5. The number of ether oxygens (including phenoxy) is 1. The van der Waals surface area contributed by atoms with Crippen LogP contribution in [0.5, 0.6) is 5.88 Å². The molecule has 2 saturated carbocycles. The van der Waals surface area contributed by atoms with Crippen LogP contribution in [0.25, 0.3) is 11.4 Å². The van der Waals surface area contributed by atoms with Gasteiger partial charge < -0.3 is 9.64 Å². The Labute approximate surface area is 192 Å². The molecule has 1 saturated heterocycles. The Morgan fingerprint density at radius 3 is 2.62 bits per heavy atom. The number of pyridine rings is 1. The Morgan fingerprint density at radius 1 is 1.12 bits per heavy atom. The number of carbonyl (C=O) groups is 1. The van der Waals surface area contributed by atoms with E-state index < -0.39 is 11.9 Å². The predicted molar refractivity (Wildman–Crippen MR) is 111 cm³/mol. The molecule has 1 spiro atoms. The average Bonchev–Trinajstić information content (AvgIpc) is 3.47. The molecule has 4 unspecified atom stereocenters. The zero-order valence-electron chi connectivity index (χ0n) is 18.0. The van der Waals surface area contributed by atoms with Crippen LogP contribution in [0.15, 0.2) is 42.7 Å². The molecule has 0 N–H and O–H groups in total. The fraction of sp³-hybridized carbons (Fsp3) is 0.391. The molecule has 3 aliphatic rings. The van der Waals surface area contributed by atoms with Crippen LogP contribution < -0.4 is 4.74 Å². The van der Waals surface area contributed by atoms with Crippen LogP contribution in [0, 0.1) is 18.3 Å². The molecule has 0 radical (unpaired) electrons. The van der Waals surface area contributed by atoms with Crippen LogP contribution in [0.1, 0.15) is 34.7 Å². The van der Waals surface area contributed by atoms with Gasteiger partial charge in [0.15, 0.2) is 11.5 Å². The molecule has 8 nitrogen and oxygen atoms in total. The Morgan fingerprint density at radius 2 is 1.91 bits per heavy atom. The highest BCUT2D eigenvalue weighted by molar-refractivity contribution is 5.99. The summed E-state index contributed by atoms with van der Waals surface area (Å²) < 4.78 is 44.2. The molecule has 3 aromatic heterocycles. The quantitative estimate of drug-likeness (QED) is 0.580. The van der Waals surface area contributed by atoms with E-state index in [1.807, 2.05) is 13.0 Å². The first kappa shape index (κ1) is 20.9. The van der Waals surface area contributed by atoms with Crippen molar-refractivity contribution in [1.29, 1.82) is 0 Å². The molecule has 4 atom stereocenters. The van der Waals surface area contributed by atoms with Gasteiger partial charge in [-0.25, -0.2) is 15.0 Å². The molecule has 34 heavy (non-hydrogen) atoms. The van der Waals surface area contributed by atoms with Crippen molar-refractivity contribution in [3.8, 4) is 17.3 Å². The second-order valence-electron chi connectivity index (χ2n) is 9.07. The van der Waals surface area contributed by atoms with Gasteiger partial charge in [-0.15, -0.1) is 10.2 Å². The summed E-state index contributed by atoms with van der Waals surface area (Å²) in [5, 5.41) is 6.81. The van der Waals surface area contributed by atoms with E-state index in [0.717, 1.165) is 18.9 Å². The number of rotatable bonds is 4. The zero-order chi connectivity index (χ0) is 23.7. The van der Waals surface area contributed by atoms with Crippen LogP contribution in [-0.2, 0) is 6.18 Å². The second-order valence-corrected chi connectivity index (χ2v) is 9.07. The van der Waals surface area contributed by atoms with Gasteiger partial charge in [0, 0.05) is 36.1 Å². The molecule has 1 aliphatic heterocycles. The summed E-state index contributed by atoms with van der Waals surface area (Å²) in [6, 6.07) is 7.12. The topological polar surface area (TPSA) is 94.0 Å². The molecule has 3 fully saturated rings. The third-order valence-electron chi connectivity index (χ3n) is 7.06. The lowest BCUT2D eigenvalue weighted by atomic mass is 9.73. The van der Waals surface area contributed by atoms with Gasteiger partial charge in [0.05, 0.1) is 11.6 Å². The predicted octanol–water partition coefficient (Wildman–Crippen LogP) is 3.34. The Balaban J connectivity index is 1.26. The fourth-order valence-corrected chi connectivity index (χ4v) is 5.42. The number of carbonyl (C=O) groups excluding carboxylic acids is 1. The Bertz CT molecular complexity index is 1270. The Hall–Kier alpha value is -3.63. The van der Waals surface area contributed by atoms with E-state index >= 15 is 0 Å². The SMILES string of the molecule is Cc1ccc(-c2ncccn2)c(C(=O)N2CC3CC34CC(Oc3ccc(C(F)(F)F)nn3)C24)n1. The smallest absolute Gasteiger partial charge is 0.435 e. The highest BCUT2D eigenvalue weighted by atomic mass is 19.4. The standard InChI is InChI=1S/C23H19F3N6O2/c1-12-3-4-14(20-27-7-2-8-28-20)18(29-12)21(33)32-11-13-9-22(13)10-15(19(22)32)34-17-6-5-16(30-31-17)23(24,25)26/h2-8,13,15,19H,9-11H2,1H3. The molecular formula is C23H19F3N6O2. The van der Waals surface area contributed by atoms with Crippen molar-refractivity contribution in [1.82, 2.24) is 30.0 Å². The maximum Gasteiger partial charge on any atom is 0.435 e. The molecule has 3 aromatic rings. The number of amides is 1. The summed E-state index contributed by atoms with van der Waals surface area (Å²) in [5.41, 5.74) is 0.459. The van der Waals surface area contributed by atoms with Crippen molar-refractivity contribution in [3.05, 3.63) is 59.8 Å². The van der Waals surface area contributed by atoms with Gasteiger partial charge in [-0.05, 0) is 49.9 Å². The highest BCUT2D eigenvalue weighted by Gasteiger charge is 2.76. The number of piperidine rings is 1. The van der Waals surface area contributed by atoms with Crippen molar-refractivity contribution in [2.75, 3.05) is 6.54 Å². The Kier molecular flexibility index (Phi) is 4.42. The number of hydrogen-bond donors (Lipinski definition) is 0. The van der Waals surface area contributed by atoms with Crippen molar-refractivity contribution < 1.29 is 22.7 Å². The van der Waals surface area contributed by atoms with Crippen LogP contribution in [0.2, 0.25) is 0 Å². The van der Waals surface area contributed by atoms with E-state index in [4.69, 9.17) is 4.74 Å². The summed E-state index contributed by atoms with van der Waals surface area (Å²) in [7, 11) is 0. The third kappa shape index (κ3) is 3.21. The van der Waals surface area contributed by atoms with E-state index in [9.17, 15) is 18.0 Å². The number of aryl methyl sites for hydroxylation is 1. The largest absolute Gasteiger partial charge is 0.471 e. The molecule has 0 aromatic carbocycles. The summed E-state index contributed by atoms with van der Waals surface area (Å²) in [6.07, 6.45) is 0.0157. The van der Waals surface area contributed by atoms with Crippen molar-refractivity contribution >= 4 is 5.91 Å². The molecule has 1 amide bonds. The van der Waals surface area contributed by atoms with Gasteiger partial charge in [0.1, 0.15) is 11.8 Å². The number of likely N-dealkylation sites (tertiary alicyclic amines) is 1. The first-order valence-electron chi connectivity index (χ1n) is 10.9. The third-order valence-corrected chi connectivity index (χ3v) is 7.06. The number of alkyl halides is 3. The summed E-state index contributed by atoms with van der Waals surface area (Å²) in [5.74, 6) is 0.589. The van der Waals surface area contributed by atoms with Gasteiger partial charge in [-0.1, -0.05) is 0 Å². The maximum absolute atomic E-state index is 13.7. The van der Waals surface area contributed by atoms with Crippen molar-refractivity contribution in [2.24, 2.45) is 11.3 Å². The van der Waals surface area contributed by atoms with E-state index in [2.05, 4.69) is 25.1 Å². The van der Waals surface area contributed by atoms with Crippen LogP contribution >= 0.6 is 0 Å². The monoisotopic (exact) mass is 468 g/mol. The number of aromatic nitrogens is 5. The van der Waals surface area contributed by atoms with E-state index in [1.165, 1.54) is 6.07 Å². The molecule has 0 bridgehead atoms.